The van der Waals surface area contributed by atoms with Crippen molar-refractivity contribution in [1.29, 1.82) is 0 Å². The van der Waals surface area contributed by atoms with E-state index in [0.29, 0.717) is 5.69 Å². The van der Waals surface area contributed by atoms with Gasteiger partial charge in [0.25, 0.3) is 0 Å². The minimum absolute atomic E-state index is 0.135. The van der Waals surface area contributed by atoms with Gasteiger partial charge < -0.3 is 15.9 Å². The number of hydroxylamine groups is 2. The minimum atomic E-state index is -0.135. The van der Waals surface area contributed by atoms with E-state index in [-0.39, 0.29) is 12.5 Å². The Morgan fingerprint density at radius 3 is 2.60 bits per heavy atom. The van der Waals surface area contributed by atoms with Gasteiger partial charge in [0.1, 0.15) is 6.54 Å². The van der Waals surface area contributed by atoms with Gasteiger partial charge in [-0.3, -0.25) is 4.79 Å². The number of carbonyl (C=O) groups is 1. The fourth-order valence-corrected chi connectivity index (χ4v) is 1.03. The molecule has 0 saturated heterocycles. The summed E-state index contributed by atoms with van der Waals surface area (Å²) in [6.45, 7) is 0.181. The molecule has 0 radical (unpaired) electrons. The van der Waals surface area contributed by atoms with Crippen LogP contribution in [0, 0.1) is 0 Å². The highest BCUT2D eigenvalue weighted by Crippen LogP contribution is 2.10. The standard InChI is InChI=1S/C10H15N3O2/c1-13(15-2)7-10(14)12-9-5-3-8(11)4-6-9/h3-6H,7,11H2,1-2H3,(H,12,14). The number of amides is 1. The van der Waals surface area contributed by atoms with Crippen LogP contribution in [0.2, 0.25) is 0 Å². The highest BCUT2D eigenvalue weighted by Gasteiger charge is 2.05. The van der Waals surface area contributed by atoms with Crippen LogP contribution in [-0.2, 0) is 9.63 Å². The maximum atomic E-state index is 11.4. The molecule has 0 aliphatic rings. The molecule has 0 fully saturated rings. The lowest BCUT2D eigenvalue weighted by molar-refractivity contribution is -0.137. The molecule has 5 heteroatoms. The molecule has 0 spiro atoms. The summed E-state index contributed by atoms with van der Waals surface area (Å²) in [5, 5.41) is 4.16. The summed E-state index contributed by atoms with van der Waals surface area (Å²) in [5.74, 6) is -0.135. The lowest BCUT2D eigenvalue weighted by Gasteiger charge is -2.12. The number of nitrogen functional groups attached to an aromatic ring is 1. The van der Waals surface area contributed by atoms with Gasteiger partial charge in [-0.1, -0.05) is 0 Å². The van der Waals surface area contributed by atoms with Gasteiger partial charge in [0.05, 0.1) is 7.11 Å². The molecule has 0 unspecified atom stereocenters. The first-order valence-electron chi connectivity index (χ1n) is 4.52. The van der Waals surface area contributed by atoms with Crippen LogP contribution in [0.25, 0.3) is 0 Å². The molecule has 0 aromatic heterocycles. The van der Waals surface area contributed by atoms with Gasteiger partial charge in [0.2, 0.25) is 5.91 Å². The third-order valence-corrected chi connectivity index (χ3v) is 1.87. The molecule has 82 valence electrons. The summed E-state index contributed by atoms with van der Waals surface area (Å²) in [5.41, 5.74) is 6.91. The monoisotopic (exact) mass is 209 g/mol. The molecular weight excluding hydrogens is 194 g/mol. The predicted octanol–water partition coefficient (Wildman–Crippen LogP) is 0.700. The molecule has 0 bridgehead atoms. The second-order valence-electron chi connectivity index (χ2n) is 3.14. The van der Waals surface area contributed by atoms with Crippen LogP contribution < -0.4 is 11.1 Å². The maximum Gasteiger partial charge on any atom is 0.240 e. The van der Waals surface area contributed by atoms with Crippen LogP contribution in [0.1, 0.15) is 0 Å². The van der Waals surface area contributed by atoms with Crippen molar-refractivity contribution >= 4 is 17.3 Å². The molecule has 0 aliphatic carbocycles. The largest absolute Gasteiger partial charge is 0.399 e. The zero-order valence-electron chi connectivity index (χ0n) is 8.86. The van der Waals surface area contributed by atoms with E-state index in [9.17, 15) is 4.79 Å². The van der Waals surface area contributed by atoms with Crippen molar-refractivity contribution in [2.75, 3.05) is 31.8 Å². The van der Waals surface area contributed by atoms with E-state index in [1.165, 1.54) is 12.2 Å². The molecule has 5 nitrogen and oxygen atoms in total. The topological polar surface area (TPSA) is 67.6 Å². The zero-order valence-corrected chi connectivity index (χ0v) is 8.86. The third kappa shape index (κ3) is 3.97. The SMILES string of the molecule is CON(C)CC(=O)Nc1ccc(N)cc1. The Morgan fingerprint density at radius 1 is 1.47 bits per heavy atom. The molecular formula is C10H15N3O2. The van der Waals surface area contributed by atoms with E-state index >= 15 is 0 Å². The average Bonchev–Trinajstić information content (AvgIpc) is 2.21. The lowest BCUT2D eigenvalue weighted by atomic mass is 10.3. The van der Waals surface area contributed by atoms with Crippen molar-refractivity contribution in [2.45, 2.75) is 0 Å². The minimum Gasteiger partial charge on any atom is -0.399 e. The number of carbonyl (C=O) groups excluding carboxylic acids is 1. The number of likely N-dealkylation sites (N-methyl/N-ethyl adjacent to an activating group) is 1. The predicted molar refractivity (Wildman–Crippen MR) is 59.1 cm³/mol. The molecule has 0 saturated carbocycles. The van der Waals surface area contributed by atoms with Crippen molar-refractivity contribution in [3.63, 3.8) is 0 Å². The Balaban J connectivity index is 2.48. The highest BCUT2D eigenvalue weighted by atomic mass is 16.7. The first kappa shape index (κ1) is 11.5. The number of nitrogens with zero attached hydrogens (tertiary/aromatic N) is 1. The van der Waals surface area contributed by atoms with Gasteiger partial charge in [-0.05, 0) is 24.3 Å². The molecule has 1 rings (SSSR count). The number of nitrogens with two attached hydrogens (primary N) is 1. The van der Waals surface area contributed by atoms with Crippen LogP contribution >= 0.6 is 0 Å². The van der Waals surface area contributed by atoms with E-state index < -0.39 is 0 Å². The molecule has 15 heavy (non-hydrogen) atoms. The van der Waals surface area contributed by atoms with Gasteiger partial charge in [0, 0.05) is 18.4 Å². The Hall–Kier alpha value is -1.59. The summed E-state index contributed by atoms with van der Waals surface area (Å²) < 4.78 is 0. The van der Waals surface area contributed by atoms with Crippen LogP contribution in [0.15, 0.2) is 24.3 Å². The summed E-state index contributed by atoms with van der Waals surface area (Å²) in [4.78, 5) is 16.2. The van der Waals surface area contributed by atoms with Crippen LogP contribution in [0.3, 0.4) is 0 Å². The Bertz CT molecular complexity index is 324. The first-order chi connectivity index (χ1) is 7.11. The molecule has 1 aromatic carbocycles. The highest BCUT2D eigenvalue weighted by molar-refractivity contribution is 5.92. The van der Waals surface area contributed by atoms with E-state index in [1.807, 2.05) is 0 Å². The second-order valence-corrected chi connectivity index (χ2v) is 3.14. The van der Waals surface area contributed by atoms with Crippen molar-refractivity contribution in [2.24, 2.45) is 0 Å². The Labute approximate surface area is 88.8 Å². The van der Waals surface area contributed by atoms with Gasteiger partial charge in [-0.15, -0.1) is 0 Å². The first-order valence-corrected chi connectivity index (χ1v) is 4.52. The number of rotatable bonds is 4. The summed E-state index contributed by atoms with van der Waals surface area (Å²) in [6, 6.07) is 6.96. The quantitative estimate of drug-likeness (QED) is 0.566. The summed E-state index contributed by atoms with van der Waals surface area (Å²) >= 11 is 0. The third-order valence-electron chi connectivity index (χ3n) is 1.87. The van der Waals surface area contributed by atoms with Gasteiger partial charge >= 0.3 is 0 Å². The fourth-order valence-electron chi connectivity index (χ4n) is 1.03. The van der Waals surface area contributed by atoms with Crippen molar-refractivity contribution in [1.82, 2.24) is 5.06 Å². The zero-order chi connectivity index (χ0) is 11.3. The van der Waals surface area contributed by atoms with Crippen LogP contribution in [0.5, 0.6) is 0 Å². The lowest BCUT2D eigenvalue weighted by Crippen LogP contribution is -2.29. The van der Waals surface area contributed by atoms with Gasteiger partial charge in [-0.25, -0.2) is 0 Å². The fraction of sp³-hybridized carbons (Fsp3) is 0.300. The van der Waals surface area contributed by atoms with Gasteiger partial charge in [-0.2, -0.15) is 5.06 Å². The van der Waals surface area contributed by atoms with Crippen LogP contribution in [0.4, 0.5) is 11.4 Å². The normalized spacial score (nSPS) is 10.3. The Morgan fingerprint density at radius 2 is 2.07 bits per heavy atom. The number of nitrogens with one attached hydrogen (secondary N) is 1. The molecule has 1 aromatic rings. The van der Waals surface area contributed by atoms with Gasteiger partial charge in [0.15, 0.2) is 0 Å². The summed E-state index contributed by atoms with van der Waals surface area (Å²) in [6.07, 6.45) is 0. The molecule has 0 heterocycles. The molecule has 0 aliphatic heterocycles. The second kappa shape index (κ2) is 5.33. The van der Waals surface area contributed by atoms with Crippen LogP contribution in [-0.4, -0.2) is 31.7 Å². The molecule has 3 N–H and O–H groups in total. The van der Waals surface area contributed by atoms with E-state index in [2.05, 4.69) is 5.32 Å². The number of hydrogen-bond donors (Lipinski definition) is 2. The van der Waals surface area contributed by atoms with E-state index in [4.69, 9.17) is 10.6 Å². The Kier molecular flexibility index (Phi) is 4.08. The molecule has 1 amide bonds. The van der Waals surface area contributed by atoms with E-state index in [1.54, 1.807) is 31.3 Å². The maximum absolute atomic E-state index is 11.4. The van der Waals surface area contributed by atoms with Crippen molar-refractivity contribution in [3.05, 3.63) is 24.3 Å². The van der Waals surface area contributed by atoms with E-state index in [0.717, 1.165) is 5.69 Å². The summed E-state index contributed by atoms with van der Waals surface area (Å²) in [7, 11) is 3.19. The number of benzene rings is 1. The smallest absolute Gasteiger partial charge is 0.240 e. The average molecular weight is 209 g/mol. The number of hydrogen-bond acceptors (Lipinski definition) is 4. The van der Waals surface area contributed by atoms with Crippen molar-refractivity contribution < 1.29 is 9.63 Å². The van der Waals surface area contributed by atoms with Crippen molar-refractivity contribution in [3.8, 4) is 0 Å². The molecule has 0 atom stereocenters. The number of anilines is 2.